The van der Waals surface area contributed by atoms with E-state index in [-0.39, 0.29) is 12.5 Å². The minimum absolute atomic E-state index is 0.0102. The fourth-order valence-electron chi connectivity index (χ4n) is 2.83. The van der Waals surface area contributed by atoms with Gasteiger partial charge in [0.2, 0.25) is 0 Å². The first-order valence-corrected chi connectivity index (χ1v) is 8.42. The van der Waals surface area contributed by atoms with Crippen LogP contribution in [0.25, 0.3) is 0 Å². The number of methoxy groups -OCH3 is 2. The van der Waals surface area contributed by atoms with Gasteiger partial charge in [0.15, 0.2) is 6.61 Å². The third-order valence-electron chi connectivity index (χ3n) is 4.41. The Hall–Kier alpha value is -1.95. The molecule has 2 rings (SSSR count). The van der Waals surface area contributed by atoms with Crippen molar-refractivity contribution in [2.45, 2.75) is 19.3 Å². The lowest BCUT2D eigenvalue weighted by Crippen LogP contribution is -2.34. The van der Waals surface area contributed by atoms with Gasteiger partial charge in [-0.3, -0.25) is 4.79 Å². The SMILES string of the molecule is COc1cc(OC)cc(OCC(=O)NCCC2CCN(C)CC2)c1. The number of hydrogen-bond acceptors (Lipinski definition) is 5. The number of benzene rings is 1. The molecule has 1 aromatic carbocycles. The summed E-state index contributed by atoms with van der Waals surface area (Å²) in [5.74, 6) is 2.42. The minimum Gasteiger partial charge on any atom is -0.496 e. The second kappa shape index (κ2) is 9.37. The van der Waals surface area contributed by atoms with Crippen molar-refractivity contribution in [2.75, 3.05) is 47.5 Å². The molecule has 1 amide bonds. The normalized spacial score (nSPS) is 15.8. The smallest absolute Gasteiger partial charge is 0.257 e. The lowest BCUT2D eigenvalue weighted by atomic mass is 9.94. The molecule has 0 aliphatic carbocycles. The molecule has 0 aromatic heterocycles. The molecule has 1 N–H and O–H groups in total. The Morgan fingerprint density at radius 1 is 1.12 bits per heavy atom. The molecule has 1 aliphatic heterocycles. The molecule has 1 saturated heterocycles. The van der Waals surface area contributed by atoms with Crippen molar-refractivity contribution in [2.24, 2.45) is 5.92 Å². The molecule has 134 valence electrons. The van der Waals surface area contributed by atoms with E-state index >= 15 is 0 Å². The summed E-state index contributed by atoms with van der Waals surface area (Å²) < 4.78 is 15.9. The summed E-state index contributed by atoms with van der Waals surface area (Å²) in [6.45, 7) is 3.00. The number of piperidine rings is 1. The van der Waals surface area contributed by atoms with Crippen molar-refractivity contribution < 1.29 is 19.0 Å². The highest BCUT2D eigenvalue weighted by Gasteiger charge is 2.16. The van der Waals surface area contributed by atoms with Gasteiger partial charge in [-0.15, -0.1) is 0 Å². The van der Waals surface area contributed by atoms with Crippen LogP contribution in [0.2, 0.25) is 0 Å². The molecule has 24 heavy (non-hydrogen) atoms. The van der Waals surface area contributed by atoms with Gasteiger partial charge < -0.3 is 24.4 Å². The van der Waals surface area contributed by atoms with Gasteiger partial charge in [0.1, 0.15) is 17.2 Å². The minimum atomic E-state index is -0.107. The highest BCUT2D eigenvalue weighted by atomic mass is 16.5. The molecule has 0 spiro atoms. The summed E-state index contributed by atoms with van der Waals surface area (Å²) in [4.78, 5) is 14.3. The summed E-state index contributed by atoms with van der Waals surface area (Å²) in [5.41, 5.74) is 0. The van der Waals surface area contributed by atoms with Crippen molar-refractivity contribution in [1.82, 2.24) is 10.2 Å². The predicted molar refractivity (Wildman–Crippen MR) is 92.9 cm³/mol. The molecule has 6 heteroatoms. The first-order chi connectivity index (χ1) is 11.6. The monoisotopic (exact) mass is 336 g/mol. The molecule has 1 aliphatic rings. The lowest BCUT2D eigenvalue weighted by molar-refractivity contribution is -0.123. The van der Waals surface area contributed by atoms with E-state index in [1.807, 2.05) is 0 Å². The van der Waals surface area contributed by atoms with Crippen LogP contribution in [0.5, 0.6) is 17.2 Å². The molecule has 1 fully saturated rings. The van der Waals surface area contributed by atoms with E-state index in [2.05, 4.69) is 17.3 Å². The molecule has 6 nitrogen and oxygen atoms in total. The van der Waals surface area contributed by atoms with Crippen molar-refractivity contribution >= 4 is 5.91 Å². The van der Waals surface area contributed by atoms with Gasteiger partial charge in [0.25, 0.3) is 5.91 Å². The number of nitrogens with one attached hydrogen (secondary N) is 1. The Bertz CT molecular complexity index is 506. The molecule has 1 aromatic rings. The van der Waals surface area contributed by atoms with E-state index in [1.54, 1.807) is 32.4 Å². The highest BCUT2D eigenvalue weighted by molar-refractivity contribution is 5.77. The van der Waals surface area contributed by atoms with Crippen LogP contribution in [-0.4, -0.2) is 58.3 Å². The van der Waals surface area contributed by atoms with E-state index in [1.165, 1.54) is 12.8 Å². The number of hydrogen-bond donors (Lipinski definition) is 1. The molecule has 0 saturated carbocycles. The Morgan fingerprint density at radius 3 is 2.29 bits per heavy atom. The summed E-state index contributed by atoms with van der Waals surface area (Å²) in [6, 6.07) is 5.22. The summed E-state index contributed by atoms with van der Waals surface area (Å²) in [7, 11) is 5.31. The third-order valence-corrected chi connectivity index (χ3v) is 4.41. The average Bonchev–Trinajstić information content (AvgIpc) is 2.61. The number of amides is 1. The van der Waals surface area contributed by atoms with Crippen molar-refractivity contribution in [3.63, 3.8) is 0 Å². The zero-order valence-electron chi connectivity index (χ0n) is 14.8. The van der Waals surface area contributed by atoms with Gasteiger partial charge in [0, 0.05) is 24.7 Å². The lowest BCUT2D eigenvalue weighted by Gasteiger charge is -2.28. The maximum atomic E-state index is 11.9. The van der Waals surface area contributed by atoms with E-state index in [0.29, 0.717) is 29.7 Å². The van der Waals surface area contributed by atoms with Gasteiger partial charge in [-0.25, -0.2) is 0 Å². The van der Waals surface area contributed by atoms with E-state index in [9.17, 15) is 4.79 Å². The van der Waals surface area contributed by atoms with Crippen LogP contribution in [-0.2, 0) is 4.79 Å². The highest BCUT2D eigenvalue weighted by Crippen LogP contribution is 2.27. The predicted octanol–water partition coefficient (Wildman–Crippen LogP) is 1.93. The van der Waals surface area contributed by atoms with Crippen LogP contribution in [0, 0.1) is 5.92 Å². The molecular weight excluding hydrogens is 308 g/mol. The van der Waals surface area contributed by atoms with Gasteiger partial charge in [-0.2, -0.15) is 0 Å². The third kappa shape index (κ3) is 5.92. The summed E-state index contributed by atoms with van der Waals surface area (Å²) >= 11 is 0. The topological polar surface area (TPSA) is 60.0 Å². The fourth-order valence-corrected chi connectivity index (χ4v) is 2.83. The quantitative estimate of drug-likeness (QED) is 0.786. The second-order valence-corrected chi connectivity index (χ2v) is 6.22. The molecule has 0 atom stereocenters. The standard InChI is InChI=1S/C18H28N2O4/c1-20-8-5-14(6-9-20)4-7-19-18(21)13-24-17-11-15(22-2)10-16(12-17)23-3/h10-12,14H,4-9,13H2,1-3H3,(H,19,21). The molecule has 0 radical (unpaired) electrons. The number of ether oxygens (including phenoxy) is 3. The number of nitrogens with zero attached hydrogens (tertiary/aromatic N) is 1. The van der Waals surface area contributed by atoms with Gasteiger partial charge in [0.05, 0.1) is 14.2 Å². The maximum absolute atomic E-state index is 11.9. The number of rotatable bonds is 8. The van der Waals surface area contributed by atoms with Gasteiger partial charge >= 0.3 is 0 Å². The van der Waals surface area contributed by atoms with Crippen molar-refractivity contribution in [1.29, 1.82) is 0 Å². The van der Waals surface area contributed by atoms with Crippen LogP contribution in [0.3, 0.4) is 0 Å². The molecule has 0 unspecified atom stereocenters. The van der Waals surface area contributed by atoms with E-state index < -0.39 is 0 Å². The largest absolute Gasteiger partial charge is 0.496 e. The fraction of sp³-hybridized carbons (Fsp3) is 0.611. The number of carbonyl (C=O) groups is 1. The van der Waals surface area contributed by atoms with Crippen LogP contribution in [0.4, 0.5) is 0 Å². The first kappa shape index (κ1) is 18.4. The Kier molecular flexibility index (Phi) is 7.18. The molecule has 1 heterocycles. The van der Waals surface area contributed by atoms with Crippen molar-refractivity contribution in [3.05, 3.63) is 18.2 Å². The van der Waals surface area contributed by atoms with Crippen LogP contribution in [0.1, 0.15) is 19.3 Å². The Balaban J connectivity index is 1.69. The van der Waals surface area contributed by atoms with Crippen molar-refractivity contribution in [3.8, 4) is 17.2 Å². The Morgan fingerprint density at radius 2 is 1.71 bits per heavy atom. The zero-order valence-corrected chi connectivity index (χ0v) is 14.8. The second-order valence-electron chi connectivity index (χ2n) is 6.22. The number of carbonyl (C=O) groups excluding carboxylic acids is 1. The summed E-state index contributed by atoms with van der Waals surface area (Å²) in [6.07, 6.45) is 3.46. The molecule has 0 bridgehead atoms. The molecular formula is C18H28N2O4. The van der Waals surface area contributed by atoms with Crippen LogP contribution in [0.15, 0.2) is 18.2 Å². The maximum Gasteiger partial charge on any atom is 0.257 e. The number of likely N-dealkylation sites (tertiary alicyclic amines) is 1. The summed E-state index contributed by atoms with van der Waals surface area (Å²) in [5, 5.41) is 2.93. The zero-order chi connectivity index (χ0) is 17.4. The first-order valence-electron chi connectivity index (χ1n) is 8.42. The van der Waals surface area contributed by atoms with E-state index in [0.717, 1.165) is 19.5 Å². The average molecular weight is 336 g/mol. The Labute approximate surface area is 144 Å². The van der Waals surface area contributed by atoms with E-state index in [4.69, 9.17) is 14.2 Å². The van der Waals surface area contributed by atoms with Gasteiger partial charge in [-0.1, -0.05) is 0 Å². The van der Waals surface area contributed by atoms with Crippen LogP contribution >= 0.6 is 0 Å². The van der Waals surface area contributed by atoms with Gasteiger partial charge in [-0.05, 0) is 45.3 Å². The van der Waals surface area contributed by atoms with Crippen LogP contribution < -0.4 is 19.5 Å².